The third kappa shape index (κ3) is 3.62. The zero-order valence-electron chi connectivity index (χ0n) is 14.6. The van der Waals surface area contributed by atoms with Gasteiger partial charge >= 0.3 is 5.97 Å². The van der Waals surface area contributed by atoms with Gasteiger partial charge in [-0.3, -0.25) is 4.79 Å². The lowest BCUT2D eigenvalue weighted by atomic mass is 9.78. The average Bonchev–Trinajstić information content (AvgIpc) is 2.69. The molecular weight excluding hydrogens is 364 g/mol. The average molecular weight is 383 g/mol. The highest BCUT2D eigenvalue weighted by Crippen LogP contribution is 2.37. The van der Waals surface area contributed by atoms with Crippen LogP contribution in [0.2, 0.25) is 5.02 Å². The molecule has 0 saturated heterocycles. The van der Waals surface area contributed by atoms with Crippen LogP contribution in [0.25, 0.3) is 5.57 Å². The fourth-order valence-electron chi connectivity index (χ4n) is 3.73. The van der Waals surface area contributed by atoms with E-state index in [-0.39, 0.29) is 23.9 Å². The van der Waals surface area contributed by atoms with Gasteiger partial charge in [0.2, 0.25) is 0 Å². The highest BCUT2D eigenvalue weighted by Gasteiger charge is 2.41. The van der Waals surface area contributed by atoms with Crippen molar-refractivity contribution in [2.75, 3.05) is 0 Å². The molecule has 3 unspecified atom stereocenters. The minimum absolute atomic E-state index is 0.105. The van der Waals surface area contributed by atoms with Crippen LogP contribution in [0.1, 0.15) is 35.2 Å². The zero-order valence-corrected chi connectivity index (χ0v) is 15.4. The molecule has 27 heavy (non-hydrogen) atoms. The van der Waals surface area contributed by atoms with Crippen LogP contribution in [0.3, 0.4) is 0 Å². The number of carbonyl (C=O) groups excluding carboxylic acids is 2. The van der Waals surface area contributed by atoms with Gasteiger partial charge < -0.3 is 9.47 Å². The Morgan fingerprint density at radius 3 is 2.56 bits per heavy atom. The Hall–Kier alpha value is -2.59. The molecule has 2 aromatic carbocycles. The SMILES string of the molecule is O=C(OC1CCC2C(=O)C(c3ccccc3)=COC2C1)c1ccccc1Cl. The highest BCUT2D eigenvalue weighted by molar-refractivity contribution is 6.33. The smallest absolute Gasteiger partial charge is 0.339 e. The fraction of sp³-hybridized carbons (Fsp3) is 0.273. The van der Waals surface area contributed by atoms with Crippen LogP contribution in [0.15, 0.2) is 60.9 Å². The summed E-state index contributed by atoms with van der Waals surface area (Å²) in [5.74, 6) is -0.527. The summed E-state index contributed by atoms with van der Waals surface area (Å²) in [6.07, 6.45) is 2.78. The van der Waals surface area contributed by atoms with Crippen LogP contribution in [0, 0.1) is 5.92 Å². The van der Waals surface area contributed by atoms with Crippen molar-refractivity contribution < 1.29 is 19.1 Å². The number of hydrogen-bond acceptors (Lipinski definition) is 4. The van der Waals surface area contributed by atoms with Gasteiger partial charge in [0.25, 0.3) is 0 Å². The van der Waals surface area contributed by atoms with Crippen LogP contribution in [-0.2, 0) is 14.3 Å². The number of fused-ring (bicyclic) bond motifs is 1. The van der Waals surface area contributed by atoms with Gasteiger partial charge in [-0.2, -0.15) is 0 Å². The largest absolute Gasteiger partial charge is 0.496 e. The summed E-state index contributed by atoms with van der Waals surface area (Å²) in [7, 11) is 0. The quantitative estimate of drug-likeness (QED) is 0.723. The number of ketones is 1. The van der Waals surface area contributed by atoms with Crippen molar-refractivity contribution in [1.29, 1.82) is 0 Å². The Labute approximate surface area is 162 Å². The number of allylic oxidation sites excluding steroid dienone is 1. The van der Waals surface area contributed by atoms with Gasteiger partial charge in [0.1, 0.15) is 12.2 Å². The second-order valence-corrected chi connectivity index (χ2v) is 7.27. The van der Waals surface area contributed by atoms with Gasteiger partial charge in [-0.25, -0.2) is 4.79 Å². The van der Waals surface area contributed by atoms with Gasteiger partial charge in [0.05, 0.1) is 28.3 Å². The number of esters is 1. The molecule has 5 heteroatoms. The normalized spacial score (nSPS) is 24.4. The number of rotatable bonds is 3. The molecule has 138 valence electrons. The van der Waals surface area contributed by atoms with E-state index in [0.717, 1.165) is 5.56 Å². The van der Waals surface area contributed by atoms with E-state index in [4.69, 9.17) is 21.1 Å². The van der Waals surface area contributed by atoms with Gasteiger partial charge in [-0.05, 0) is 30.5 Å². The predicted octanol–water partition coefficient (Wildman–Crippen LogP) is 4.67. The molecular formula is C22H19ClO4. The van der Waals surface area contributed by atoms with Gasteiger partial charge in [0, 0.05) is 6.42 Å². The molecule has 3 atom stereocenters. The van der Waals surface area contributed by atoms with E-state index >= 15 is 0 Å². The van der Waals surface area contributed by atoms with Crippen LogP contribution in [0.4, 0.5) is 0 Å². The highest BCUT2D eigenvalue weighted by atomic mass is 35.5. The maximum Gasteiger partial charge on any atom is 0.339 e. The molecule has 0 radical (unpaired) electrons. The summed E-state index contributed by atoms with van der Waals surface area (Å²) >= 11 is 6.06. The first-order chi connectivity index (χ1) is 13.1. The molecule has 0 N–H and O–H groups in total. The maximum atomic E-state index is 12.9. The van der Waals surface area contributed by atoms with Gasteiger partial charge in [0.15, 0.2) is 5.78 Å². The zero-order chi connectivity index (χ0) is 18.8. The summed E-state index contributed by atoms with van der Waals surface area (Å²) in [5, 5.41) is 0.371. The Bertz CT molecular complexity index is 890. The van der Waals surface area contributed by atoms with Crippen molar-refractivity contribution >= 4 is 28.9 Å². The standard InChI is InChI=1S/C22H19ClO4/c23-19-9-5-4-8-16(19)22(25)27-15-10-11-17-20(12-15)26-13-18(21(17)24)14-6-2-1-3-7-14/h1-9,13,15,17,20H,10-12H2. The minimum Gasteiger partial charge on any atom is -0.496 e. The van der Waals surface area contributed by atoms with E-state index in [1.807, 2.05) is 30.3 Å². The van der Waals surface area contributed by atoms with E-state index in [2.05, 4.69) is 0 Å². The second kappa shape index (κ2) is 7.57. The molecule has 1 saturated carbocycles. The number of ether oxygens (including phenoxy) is 2. The maximum absolute atomic E-state index is 12.9. The molecule has 0 amide bonds. The van der Waals surface area contributed by atoms with E-state index in [1.54, 1.807) is 30.5 Å². The number of carbonyl (C=O) groups is 2. The molecule has 4 rings (SSSR count). The van der Waals surface area contributed by atoms with Crippen LogP contribution in [0.5, 0.6) is 0 Å². The number of Topliss-reactive ketones (excluding diaryl/α,β-unsaturated/α-hetero) is 1. The molecule has 2 aromatic rings. The minimum atomic E-state index is -0.438. The summed E-state index contributed by atoms with van der Waals surface area (Å²) < 4.78 is 11.5. The molecule has 4 nitrogen and oxygen atoms in total. The number of hydrogen-bond donors (Lipinski definition) is 0. The molecule has 1 fully saturated rings. The third-order valence-electron chi connectivity index (χ3n) is 5.16. The summed E-state index contributed by atoms with van der Waals surface area (Å²) in [5.41, 5.74) is 1.84. The van der Waals surface area contributed by atoms with Crippen LogP contribution >= 0.6 is 11.6 Å². The molecule has 1 aliphatic heterocycles. The Morgan fingerprint density at radius 2 is 1.78 bits per heavy atom. The van der Waals surface area contributed by atoms with E-state index in [1.165, 1.54) is 0 Å². The number of halogens is 1. The van der Waals surface area contributed by atoms with Crippen molar-refractivity contribution in [3.8, 4) is 0 Å². The lowest BCUT2D eigenvalue weighted by molar-refractivity contribution is -0.126. The molecule has 2 aliphatic rings. The first-order valence-electron chi connectivity index (χ1n) is 9.04. The molecule has 0 aromatic heterocycles. The Balaban J connectivity index is 1.44. The molecule has 0 bridgehead atoms. The fourth-order valence-corrected chi connectivity index (χ4v) is 3.95. The van der Waals surface area contributed by atoms with Crippen molar-refractivity contribution in [3.05, 3.63) is 77.0 Å². The van der Waals surface area contributed by atoms with E-state index in [9.17, 15) is 9.59 Å². The van der Waals surface area contributed by atoms with E-state index in [0.29, 0.717) is 35.4 Å². The summed E-state index contributed by atoms with van der Waals surface area (Å²) in [4.78, 5) is 25.3. The van der Waals surface area contributed by atoms with E-state index < -0.39 is 5.97 Å². The lowest BCUT2D eigenvalue weighted by Gasteiger charge is -2.37. The molecule has 1 heterocycles. The number of benzene rings is 2. The summed E-state index contributed by atoms with van der Waals surface area (Å²) in [6.45, 7) is 0. The van der Waals surface area contributed by atoms with Crippen molar-refractivity contribution in [2.45, 2.75) is 31.5 Å². The first-order valence-corrected chi connectivity index (χ1v) is 9.42. The molecule has 1 aliphatic carbocycles. The lowest BCUT2D eigenvalue weighted by Crippen LogP contribution is -2.42. The van der Waals surface area contributed by atoms with Crippen LogP contribution < -0.4 is 0 Å². The van der Waals surface area contributed by atoms with Crippen molar-refractivity contribution in [1.82, 2.24) is 0 Å². The van der Waals surface area contributed by atoms with Crippen molar-refractivity contribution in [2.24, 2.45) is 5.92 Å². The summed E-state index contributed by atoms with van der Waals surface area (Å²) in [6, 6.07) is 16.4. The van der Waals surface area contributed by atoms with Gasteiger partial charge in [-0.15, -0.1) is 0 Å². The topological polar surface area (TPSA) is 52.6 Å². The molecule has 0 spiro atoms. The second-order valence-electron chi connectivity index (χ2n) is 6.86. The van der Waals surface area contributed by atoms with Crippen molar-refractivity contribution in [3.63, 3.8) is 0 Å². The first kappa shape index (κ1) is 17.8. The van der Waals surface area contributed by atoms with Gasteiger partial charge in [-0.1, -0.05) is 54.1 Å². The Kier molecular flexibility index (Phi) is 4.99. The Morgan fingerprint density at radius 1 is 1.04 bits per heavy atom. The predicted molar refractivity (Wildman–Crippen MR) is 102 cm³/mol. The van der Waals surface area contributed by atoms with Crippen LogP contribution in [-0.4, -0.2) is 24.0 Å². The third-order valence-corrected chi connectivity index (χ3v) is 5.49. The monoisotopic (exact) mass is 382 g/mol.